The molecule has 2 aliphatic heterocycles. The first-order chi connectivity index (χ1) is 37.6. The van der Waals surface area contributed by atoms with E-state index in [2.05, 4.69) is 39.1 Å². The Bertz CT molecular complexity index is 2930. The molecule has 4 aromatic heterocycles. The van der Waals surface area contributed by atoms with Crippen molar-refractivity contribution >= 4 is 93.4 Å². The number of thioether (sulfide) groups is 1. The molecule has 2 aliphatic rings. The zero-order chi connectivity index (χ0) is 57.3. The fraction of sp³-hybridized carbons (Fsp3) is 0.464. The summed E-state index contributed by atoms with van der Waals surface area (Å²) in [5, 5.41) is 28.1. The summed E-state index contributed by atoms with van der Waals surface area (Å²) in [5.74, 6) is -0.597. The second-order valence-electron chi connectivity index (χ2n) is 17.6. The van der Waals surface area contributed by atoms with Gasteiger partial charge in [0.25, 0.3) is 0 Å². The number of carbonyl (C=O) groups is 6. The van der Waals surface area contributed by atoms with Gasteiger partial charge in [0.2, 0.25) is 11.8 Å². The number of nitrogens with zero attached hydrogens (tertiary/aromatic N) is 10. The summed E-state index contributed by atoms with van der Waals surface area (Å²) in [7, 11) is 0. The maximum absolute atomic E-state index is 12.9. The standard InChI is InChI=1S/C25H31N7O4S.C19H20N6O.C6H11NO3S.2C2H6.2CH4/c26-18(19(33)8-9-21(35)36)14-37-12-10-20(34)31-11-4-7-17(13-31)32-25-22(24(27)28-15-29-25)23(30-32)16-5-2-1-3-6-16;1-2-15(26)24-10-6-9-14(11-24)25-19-16(18(20)21-12-22-19)17(23-25)13-7-4-3-5-8-13;7-4(3-11)5(8)1-2-6(9)10;2*1-2;;/h1-3,5-6,15,17-18H,4,7-14,26H2,(H,35,36)(H2,27,28,29);2-5,7-8,12,14H,1,6,9-11H2,(H2,20,21,22);4,11H,1-3,7H2,(H,9,10);2*1-2H3;2*1H4. The van der Waals surface area contributed by atoms with Crippen LogP contribution in [0.15, 0.2) is 86.0 Å². The SMILES string of the molecule is C.C.C=CC(=O)N1CCCC(n2nc(-c3ccccc3)c3c(N)ncnc32)C1.CC.CC.NC(CS)C(=O)CCC(=O)O.Nc1ncnc2c1c(-c1ccccc1)nn2C1CCCN(C(=O)CCSCC(N)C(=O)CCC(=O)O)C1. The molecular weight excluding hydrogens is 1060 g/mol. The number of amides is 2. The van der Waals surface area contributed by atoms with Crippen molar-refractivity contribution in [1.82, 2.24) is 49.3 Å². The normalized spacial score (nSPS) is 15.2. The predicted octanol–water partition coefficient (Wildman–Crippen LogP) is 7.55. The Hall–Kier alpha value is -7.28. The molecule has 0 spiro atoms. The van der Waals surface area contributed by atoms with Gasteiger partial charge in [-0.05, 0) is 31.8 Å². The zero-order valence-electron chi connectivity index (χ0n) is 44.8. The van der Waals surface area contributed by atoms with Crippen LogP contribution >= 0.6 is 24.4 Å². The van der Waals surface area contributed by atoms with Gasteiger partial charge in [0.05, 0.1) is 47.8 Å². The highest BCUT2D eigenvalue weighted by Crippen LogP contribution is 2.35. The van der Waals surface area contributed by atoms with Crippen LogP contribution in [0.1, 0.15) is 112 Å². The van der Waals surface area contributed by atoms with Gasteiger partial charge in [0.15, 0.2) is 22.9 Å². The number of carbonyl (C=O) groups excluding carboxylic acids is 4. The first kappa shape index (κ1) is 68.8. The molecule has 22 nitrogen and oxygen atoms in total. The first-order valence-electron chi connectivity index (χ1n) is 26.1. The zero-order valence-corrected chi connectivity index (χ0v) is 46.5. The number of hydrogen-bond donors (Lipinski definition) is 7. The summed E-state index contributed by atoms with van der Waals surface area (Å²) in [6.07, 6.45) is 7.68. The molecule has 4 unspecified atom stereocenters. The Kier molecular flexibility index (Phi) is 30.4. The van der Waals surface area contributed by atoms with Crippen LogP contribution < -0.4 is 22.9 Å². The van der Waals surface area contributed by atoms with E-state index >= 15 is 0 Å². The highest BCUT2D eigenvalue weighted by atomic mass is 32.2. The number of aliphatic carboxylic acids is 2. The van der Waals surface area contributed by atoms with Crippen LogP contribution in [0.4, 0.5) is 11.6 Å². The van der Waals surface area contributed by atoms with Crippen LogP contribution in [0.25, 0.3) is 44.6 Å². The van der Waals surface area contributed by atoms with Crippen molar-refractivity contribution in [1.29, 1.82) is 0 Å². The van der Waals surface area contributed by atoms with Crippen LogP contribution in [-0.2, 0) is 28.8 Å². The van der Waals surface area contributed by atoms with E-state index in [1.807, 2.05) is 103 Å². The summed E-state index contributed by atoms with van der Waals surface area (Å²) >= 11 is 5.23. The molecule has 0 saturated carbocycles. The summed E-state index contributed by atoms with van der Waals surface area (Å²) in [6.45, 7) is 14.1. The van der Waals surface area contributed by atoms with Gasteiger partial charge >= 0.3 is 11.9 Å². The van der Waals surface area contributed by atoms with Crippen LogP contribution in [0.2, 0.25) is 0 Å². The number of fused-ring (bicyclic) bond motifs is 2. The minimum Gasteiger partial charge on any atom is -0.481 e. The number of ketones is 2. The number of benzene rings is 2. The molecule has 80 heavy (non-hydrogen) atoms. The summed E-state index contributed by atoms with van der Waals surface area (Å²) in [6, 6.07) is 18.3. The maximum Gasteiger partial charge on any atom is 0.303 e. The van der Waals surface area contributed by atoms with Gasteiger partial charge < -0.3 is 42.9 Å². The average Bonchev–Trinajstić information content (AvgIpc) is 4.26. The van der Waals surface area contributed by atoms with Gasteiger partial charge in [-0.25, -0.2) is 29.3 Å². The van der Waals surface area contributed by atoms with Crippen molar-refractivity contribution in [2.45, 2.75) is 125 Å². The number of aromatic nitrogens is 8. The van der Waals surface area contributed by atoms with E-state index in [0.717, 1.165) is 60.1 Å². The van der Waals surface area contributed by atoms with E-state index in [1.165, 1.54) is 30.5 Å². The van der Waals surface area contributed by atoms with Crippen molar-refractivity contribution in [2.75, 3.05) is 54.9 Å². The number of anilines is 2. The molecule has 2 amide bonds. The van der Waals surface area contributed by atoms with E-state index in [1.54, 1.807) is 4.90 Å². The summed E-state index contributed by atoms with van der Waals surface area (Å²) in [5.41, 5.74) is 28.3. The number of thiol groups is 1. The van der Waals surface area contributed by atoms with Gasteiger partial charge in [0, 0.05) is 73.8 Å². The molecule has 436 valence electrons. The highest BCUT2D eigenvalue weighted by Gasteiger charge is 2.30. The maximum atomic E-state index is 12.9. The fourth-order valence-electron chi connectivity index (χ4n) is 8.51. The van der Waals surface area contributed by atoms with E-state index < -0.39 is 24.0 Å². The lowest BCUT2D eigenvalue weighted by Gasteiger charge is -2.33. The number of rotatable bonds is 19. The number of carboxylic acids is 2. The fourth-order valence-corrected chi connectivity index (χ4v) is 9.64. The molecule has 0 radical (unpaired) electrons. The molecule has 24 heteroatoms. The third-order valence-corrected chi connectivity index (χ3v) is 13.9. The largest absolute Gasteiger partial charge is 0.481 e. The van der Waals surface area contributed by atoms with Crippen LogP contribution in [0.5, 0.6) is 0 Å². The van der Waals surface area contributed by atoms with Crippen molar-refractivity contribution < 1.29 is 39.0 Å². The third-order valence-electron chi connectivity index (χ3n) is 12.4. The van der Waals surface area contributed by atoms with Crippen LogP contribution in [-0.4, -0.2) is 150 Å². The summed E-state index contributed by atoms with van der Waals surface area (Å²) < 4.78 is 3.78. The monoisotopic (exact) mass is 1140 g/mol. The van der Waals surface area contributed by atoms with E-state index in [4.69, 9.17) is 43.3 Å². The predicted molar refractivity (Wildman–Crippen MR) is 322 cm³/mol. The first-order valence-corrected chi connectivity index (χ1v) is 27.9. The Morgan fingerprint density at radius 2 is 1.09 bits per heavy atom. The van der Waals surface area contributed by atoms with Gasteiger partial charge in [-0.15, -0.1) is 0 Å². The smallest absolute Gasteiger partial charge is 0.303 e. The molecule has 0 aliphatic carbocycles. The second kappa shape index (κ2) is 35.4. The molecule has 6 heterocycles. The van der Waals surface area contributed by atoms with Crippen LogP contribution in [0, 0.1) is 0 Å². The van der Waals surface area contributed by atoms with Crippen molar-refractivity contribution in [3.63, 3.8) is 0 Å². The van der Waals surface area contributed by atoms with E-state index in [-0.39, 0.29) is 81.8 Å². The minimum atomic E-state index is -1.02. The lowest BCUT2D eigenvalue weighted by molar-refractivity contribution is -0.139. The van der Waals surface area contributed by atoms with Crippen molar-refractivity contribution in [2.24, 2.45) is 11.5 Å². The molecular formula is C56H82N14O8S2. The van der Waals surface area contributed by atoms with Gasteiger partial charge in [0.1, 0.15) is 35.7 Å². The summed E-state index contributed by atoms with van der Waals surface area (Å²) in [4.78, 5) is 89.2. The highest BCUT2D eigenvalue weighted by molar-refractivity contribution is 7.99. The van der Waals surface area contributed by atoms with E-state index in [0.29, 0.717) is 65.9 Å². The van der Waals surface area contributed by atoms with Crippen molar-refractivity contribution in [3.8, 4) is 22.5 Å². The minimum absolute atomic E-state index is 0. The number of hydrogen-bond acceptors (Lipinski definition) is 18. The van der Waals surface area contributed by atoms with E-state index in [9.17, 15) is 28.8 Å². The van der Waals surface area contributed by atoms with Crippen molar-refractivity contribution in [3.05, 3.63) is 86.0 Å². The van der Waals surface area contributed by atoms with Gasteiger partial charge in [-0.3, -0.25) is 28.8 Å². The molecule has 2 fully saturated rings. The Labute approximate surface area is 479 Å². The molecule has 0 bridgehead atoms. The molecule has 6 aromatic rings. The number of nitrogens with two attached hydrogens (primary N) is 4. The number of piperidine rings is 2. The number of Topliss-reactive ketones (excluding diaryl/α,β-unsaturated/α-hetero) is 2. The quantitative estimate of drug-likeness (QED) is 0.0234. The topological polar surface area (TPSA) is 341 Å². The lowest BCUT2D eigenvalue weighted by atomic mass is 10.1. The number of carboxylic acid groups (broad SMARTS) is 2. The van der Waals surface area contributed by atoms with Crippen LogP contribution in [0.3, 0.4) is 0 Å². The molecule has 8 rings (SSSR count). The van der Waals surface area contributed by atoms with Gasteiger partial charge in [-0.1, -0.05) is 110 Å². The third kappa shape index (κ3) is 19.2. The molecule has 10 N–H and O–H groups in total. The second-order valence-corrected chi connectivity index (χ2v) is 19.1. The average molecular weight is 1140 g/mol. The number of likely N-dealkylation sites (tertiary alicyclic amines) is 2. The molecule has 2 aromatic carbocycles. The molecule has 4 atom stereocenters. The Morgan fingerprint density at radius 1 is 0.662 bits per heavy atom. The Morgan fingerprint density at radius 3 is 1.51 bits per heavy atom. The van der Waals surface area contributed by atoms with Gasteiger partial charge in [-0.2, -0.15) is 34.6 Å². The lowest BCUT2D eigenvalue weighted by Crippen LogP contribution is -2.41. The number of nitrogen functional groups attached to an aromatic ring is 2. The molecule has 2 saturated heterocycles. The Balaban J connectivity index is 0.000000442.